The summed E-state index contributed by atoms with van der Waals surface area (Å²) in [7, 11) is -13.5. The molecule has 39 heteroatoms. The second-order valence-corrected chi connectivity index (χ2v) is 28.8. The number of nitrogens with two attached hydrogens (primary N) is 2. The van der Waals surface area contributed by atoms with Crippen LogP contribution in [0.1, 0.15) is 99.1 Å². The van der Waals surface area contributed by atoms with Gasteiger partial charge in [0.25, 0.3) is 0 Å². The second kappa shape index (κ2) is 34.3. The number of rotatable bonds is 39. The zero-order chi connectivity index (χ0) is 62.3. The van der Waals surface area contributed by atoms with E-state index in [1.54, 1.807) is 10.8 Å². The van der Waals surface area contributed by atoms with Crippen LogP contribution < -0.4 is 43.4 Å². The van der Waals surface area contributed by atoms with Crippen LogP contribution in [-0.2, 0) is 69.9 Å². The smallest absolute Gasteiger partial charge is 0.386 e. The van der Waals surface area contributed by atoms with Crippen LogP contribution in [0.15, 0.2) is 12.7 Å². The van der Waals surface area contributed by atoms with Gasteiger partial charge in [-0.1, -0.05) is 62.6 Å². The lowest BCUT2D eigenvalue weighted by atomic mass is 9.87. The maximum Gasteiger partial charge on any atom is 0.481 e. The second-order valence-electron chi connectivity index (χ2n) is 20.3. The molecular weight excluding hydrogens is 1220 g/mol. The number of anilines is 1. The molecule has 3 heterocycles. The number of nitrogens with one attached hydrogen (secondary N) is 6. The largest absolute Gasteiger partial charge is 0.481 e. The molecule has 9 atom stereocenters. The number of phosphoric ester groups is 3. The van der Waals surface area contributed by atoms with Crippen LogP contribution in [0.4, 0.5) is 5.82 Å². The van der Waals surface area contributed by atoms with E-state index in [4.69, 9.17) is 25.3 Å². The Labute approximate surface area is 490 Å². The summed E-state index contributed by atoms with van der Waals surface area (Å²) in [6.07, 6.45) is -3.83. The van der Waals surface area contributed by atoms with Crippen molar-refractivity contribution < 1.29 is 99.7 Å². The van der Waals surface area contributed by atoms with Crippen molar-refractivity contribution >= 4 is 115 Å². The number of thioether (sulfide) groups is 1. The fraction of sp³-hybridized carbons (Fsp3) is 0.727. The maximum atomic E-state index is 12.8. The molecule has 2 aromatic rings. The van der Waals surface area contributed by atoms with Gasteiger partial charge in [-0.05, 0) is 32.1 Å². The summed E-state index contributed by atoms with van der Waals surface area (Å²) < 4.78 is 62.5. The van der Waals surface area contributed by atoms with E-state index in [0.717, 1.165) is 17.2 Å². The topological polar surface area (TPSA) is 506 Å². The maximum absolute atomic E-state index is 12.8. The minimum atomic E-state index is -5.62. The first kappa shape index (κ1) is 73.2. The highest BCUT2D eigenvalue weighted by atomic mass is 33.1. The number of imidazole rings is 1. The number of aliphatic hydroxyl groups excluding tert-OH is 2. The number of nitrogens with zero attached hydrogens (tertiary/aromatic N) is 4. The quantitative estimate of drug-likeness (QED) is 0.0233. The molecule has 0 bridgehead atoms. The Morgan fingerprint density at radius 3 is 2.11 bits per heavy atom. The van der Waals surface area contributed by atoms with E-state index in [2.05, 4.69) is 55.7 Å². The minimum Gasteiger partial charge on any atom is -0.386 e. The van der Waals surface area contributed by atoms with Gasteiger partial charge in [0.05, 0.1) is 25.3 Å². The van der Waals surface area contributed by atoms with E-state index >= 15 is 0 Å². The monoisotopic (exact) mass is 1300 g/mol. The van der Waals surface area contributed by atoms with Gasteiger partial charge in [-0.3, -0.25) is 51.7 Å². The van der Waals surface area contributed by atoms with Gasteiger partial charge in [0, 0.05) is 67.6 Å². The van der Waals surface area contributed by atoms with Gasteiger partial charge in [0.2, 0.25) is 41.4 Å². The number of hydrogen-bond donors (Lipinski definition) is 14. The number of unbranched alkanes of at least 4 members (excludes halogenated alkanes) is 3. The van der Waals surface area contributed by atoms with Crippen molar-refractivity contribution in [3.63, 3.8) is 0 Å². The first-order valence-corrected chi connectivity index (χ1v) is 33.8. The lowest BCUT2D eigenvalue weighted by Crippen LogP contribution is -2.46. The van der Waals surface area contributed by atoms with Crippen molar-refractivity contribution in [3.05, 3.63) is 12.7 Å². The number of ether oxygens (including phenoxy) is 1. The number of nitrogen functional groups attached to an aromatic ring is 1. The van der Waals surface area contributed by atoms with Crippen molar-refractivity contribution in [2.24, 2.45) is 11.1 Å². The van der Waals surface area contributed by atoms with Crippen LogP contribution >= 0.6 is 56.8 Å². The third-order valence-corrected chi connectivity index (χ3v) is 18.8. The molecule has 0 radical (unpaired) electrons. The Balaban J connectivity index is 1.27. The normalized spacial score (nSPS) is 19.1. The number of primary amides is 1. The van der Waals surface area contributed by atoms with Crippen LogP contribution in [0.25, 0.3) is 11.2 Å². The van der Waals surface area contributed by atoms with Gasteiger partial charge in [-0.15, -0.1) is 0 Å². The van der Waals surface area contributed by atoms with Crippen molar-refractivity contribution in [2.75, 3.05) is 62.4 Å². The molecular formula is C44H77N12O21P3S3. The molecule has 472 valence electrons. The first-order chi connectivity index (χ1) is 38.6. The average Bonchev–Trinajstić information content (AvgIpc) is 3.72. The van der Waals surface area contributed by atoms with Crippen LogP contribution in [0.3, 0.4) is 0 Å². The molecule has 83 heavy (non-hydrogen) atoms. The Hall–Kier alpha value is -4.06. The van der Waals surface area contributed by atoms with Crippen molar-refractivity contribution in [1.82, 2.24) is 51.4 Å². The zero-order valence-electron chi connectivity index (χ0n) is 46.5. The fourth-order valence-corrected chi connectivity index (χ4v) is 13.3. The molecule has 1 aliphatic heterocycles. The molecule has 33 nitrogen and oxygen atoms in total. The van der Waals surface area contributed by atoms with E-state index in [-0.39, 0.29) is 77.0 Å². The number of hydrogen-bond acceptors (Lipinski definition) is 24. The minimum absolute atomic E-state index is 0.0135. The number of aliphatic hydroxyl groups is 2. The molecule has 1 fully saturated rings. The number of carbonyl (C=O) groups is 7. The van der Waals surface area contributed by atoms with Crippen molar-refractivity contribution in [1.29, 1.82) is 0 Å². The fourth-order valence-electron chi connectivity index (χ4n) is 7.30. The molecule has 16 N–H and O–H groups in total. The third kappa shape index (κ3) is 27.9. The van der Waals surface area contributed by atoms with Crippen LogP contribution in [-0.4, -0.2) is 189 Å². The summed E-state index contributed by atoms with van der Waals surface area (Å²) in [5.74, 6) is -2.63. The van der Waals surface area contributed by atoms with Gasteiger partial charge in [0.15, 0.2) is 17.7 Å². The molecule has 2 unspecified atom stereocenters. The Morgan fingerprint density at radius 2 is 1.45 bits per heavy atom. The van der Waals surface area contributed by atoms with E-state index in [1.807, 2.05) is 20.8 Å². The Kier molecular flexibility index (Phi) is 30.3. The number of carbonyl (C=O) groups excluding carboxylic acids is 7. The average molecular weight is 1300 g/mol. The highest BCUT2D eigenvalue weighted by molar-refractivity contribution is 8.77. The summed E-state index contributed by atoms with van der Waals surface area (Å²) in [6, 6.07) is -1.56. The molecule has 1 saturated heterocycles. The lowest BCUT2D eigenvalue weighted by Gasteiger charge is -2.30. The number of aromatic nitrogens is 4. The highest BCUT2D eigenvalue weighted by Crippen LogP contribution is 2.61. The summed E-state index contributed by atoms with van der Waals surface area (Å²) in [5, 5.41) is 37.5. The van der Waals surface area contributed by atoms with Crippen molar-refractivity contribution in [2.45, 2.75) is 140 Å². The summed E-state index contributed by atoms with van der Waals surface area (Å²) in [6.45, 7) is 8.37. The molecule has 0 saturated carbocycles. The third-order valence-electron chi connectivity index (χ3n) is 11.4. The number of amides is 7. The van der Waals surface area contributed by atoms with E-state index in [9.17, 15) is 77.0 Å². The highest BCUT2D eigenvalue weighted by Gasteiger charge is 2.50. The number of phosphoric acid groups is 3. The Bertz CT molecular complexity index is 2650. The summed E-state index contributed by atoms with van der Waals surface area (Å²) in [5.41, 5.74) is 9.66. The van der Waals surface area contributed by atoms with Gasteiger partial charge in [-0.2, -0.15) is 16.1 Å². The lowest BCUT2D eigenvalue weighted by molar-refractivity contribution is -0.137. The standard InChI is InChI=1S/C44H77N12O21P3S3/c1-26(57)54-27(40(64)49-16-10-7-8-13-31(59)55-28(38(46)63)21-82-83-43(2,3)4)12-9-11-15-47-32(60)22-81-19-18-48-30(58)14-17-50-41(65)36(62)44(5,6)23-74-80(71,72)77-79(69,70)73-20-29-35(76-78(66,67)68)34(61)42(75-29)56-25-53-33-37(45)51-24-52-39(33)56/h24-25,27-29,34-36,42,61-62H,7-23H2,1-6H3,(H2,46,63)(H,47,60)(H,48,58)(H,49,64)(H,50,65)(H,54,57)(H,55,59)(H,69,70)(H,71,72)(H2,45,51,52)(H2,66,67,68)/t27-,28-,29+,34+,35+,36-,42+/m0/s1. The molecule has 1 aliphatic rings. The van der Waals surface area contributed by atoms with Gasteiger partial charge in [0.1, 0.15) is 48.3 Å². The van der Waals surface area contributed by atoms with Crippen LogP contribution in [0.5, 0.6) is 0 Å². The number of fused-ring (bicyclic) bond motifs is 1. The summed E-state index contributed by atoms with van der Waals surface area (Å²) in [4.78, 5) is 138. The molecule has 0 aromatic carbocycles. The van der Waals surface area contributed by atoms with Gasteiger partial charge >= 0.3 is 23.5 Å². The molecule has 2 aromatic heterocycles. The van der Waals surface area contributed by atoms with E-state index in [1.165, 1.54) is 43.3 Å². The molecule has 0 spiro atoms. The van der Waals surface area contributed by atoms with Gasteiger partial charge < -0.3 is 77.9 Å². The SMILES string of the molecule is CC(=O)N[C@@H](CCCCNC(=O)CSCCNC(=O)CCNC(=O)[C@H](O)C(C)(C)COP(=O)(O)OP(=O)(O)OC[C@H]1O[C@@H](n2cnc3c(N)ncnc32)[C@H](O)[C@@H]1OP(=O)(O)O)C(=O)NCCCCCC(=O)N[C@@H](CSSC(C)(C)C)C(N)=O. The van der Waals surface area contributed by atoms with Crippen molar-refractivity contribution in [3.8, 4) is 0 Å². The van der Waals surface area contributed by atoms with Gasteiger partial charge in [-0.25, -0.2) is 28.6 Å². The van der Waals surface area contributed by atoms with E-state index < -0.39 is 103 Å². The van der Waals surface area contributed by atoms with Crippen LogP contribution in [0, 0.1) is 5.41 Å². The van der Waals surface area contributed by atoms with Crippen LogP contribution in [0.2, 0.25) is 0 Å². The van der Waals surface area contributed by atoms with E-state index in [0.29, 0.717) is 63.1 Å². The molecule has 3 rings (SSSR count). The molecule has 0 aliphatic carbocycles. The first-order valence-electron chi connectivity index (χ1n) is 25.8. The predicted molar refractivity (Wildman–Crippen MR) is 304 cm³/mol. The summed E-state index contributed by atoms with van der Waals surface area (Å²) >= 11 is 1.24. The Morgan fingerprint density at radius 1 is 0.795 bits per heavy atom. The predicted octanol–water partition coefficient (Wildman–Crippen LogP) is -0.244. The molecule has 7 amide bonds. The zero-order valence-corrected chi connectivity index (χ0v) is 51.7.